The molecule has 4 heteroatoms. The number of carbonyl (C=O) groups is 1. The minimum Gasteiger partial charge on any atom is -0.326 e. The highest BCUT2D eigenvalue weighted by Crippen LogP contribution is 2.08. The first-order chi connectivity index (χ1) is 4.61. The molecule has 0 bridgehead atoms. The van der Waals surface area contributed by atoms with Crippen LogP contribution in [0.2, 0.25) is 0 Å². The summed E-state index contributed by atoms with van der Waals surface area (Å²) < 4.78 is 0. The van der Waals surface area contributed by atoms with Crippen molar-refractivity contribution in [1.82, 2.24) is 10.0 Å². The summed E-state index contributed by atoms with van der Waals surface area (Å²) >= 11 is 0. The third kappa shape index (κ3) is 1.27. The van der Waals surface area contributed by atoms with Crippen molar-refractivity contribution in [2.45, 2.75) is 12.5 Å². The standard InChI is InChI=1S/C6H13N3O/c1-8(2)9-4-5(7)3-6(9)10/h5H,3-4,7H2,1-2H3. The SMILES string of the molecule is CN(C)N1CC(N)CC1=O. The molecule has 10 heavy (non-hydrogen) atoms. The summed E-state index contributed by atoms with van der Waals surface area (Å²) in [7, 11) is 3.69. The summed E-state index contributed by atoms with van der Waals surface area (Å²) in [5.74, 6) is 0.123. The summed E-state index contributed by atoms with van der Waals surface area (Å²) in [6.07, 6.45) is 0.484. The van der Waals surface area contributed by atoms with E-state index in [0.717, 1.165) is 0 Å². The third-order valence-corrected chi connectivity index (χ3v) is 1.61. The fourth-order valence-corrected chi connectivity index (χ4v) is 1.10. The number of hydrogen-bond acceptors (Lipinski definition) is 3. The van der Waals surface area contributed by atoms with Crippen LogP contribution in [0.3, 0.4) is 0 Å². The lowest BCUT2D eigenvalue weighted by Crippen LogP contribution is -2.39. The van der Waals surface area contributed by atoms with Crippen LogP contribution in [0.15, 0.2) is 0 Å². The number of hydrazine groups is 1. The molecule has 4 nitrogen and oxygen atoms in total. The van der Waals surface area contributed by atoms with E-state index < -0.39 is 0 Å². The molecule has 1 amide bonds. The van der Waals surface area contributed by atoms with Gasteiger partial charge in [-0.25, -0.2) is 5.01 Å². The third-order valence-electron chi connectivity index (χ3n) is 1.61. The molecule has 0 saturated carbocycles. The van der Waals surface area contributed by atoms with Gasteiger partial charge in [-0.2, -0.15) is 0 Å². The van der Waals surface area contributed by atoms with Crippen molar-refractivity contribution >= 4 is 5.91 Å². The zero-order chi connectivity index (χ0) is 7.72. The Hall–Kier alpha value is -0.610. The molecule has 0 aromatic rings. The number of rotatable bonds is 1. The van der Waals surface area contributed by atoms with Crippen LogP contribution in [0.25, 0.3) is 0 Å². The van der Waals surface area contributed by atoms with Crippen molar-refractivity contribution < 1.29 is 4.79 Å². The van der Waals surface area contributed by atoms with Crippen LogP contribution in [0, 0.1) is 0 Å². The van der Waals surface area contributed by atoms with Gasteiger partial charge >= 0.3 is 0 Å². The van der Waals surface area contributed by atoms with Gasteiger partial charge in [0.1, 0.15) is 0 Å². The van der Waals surface area contributed by atoms with E-state index in [1.54, 1.807) is 10.0 Å². The second-order valence-corrected chi connectivity index (χ2v) is 2.79. The zero-order valence-electron chi connectivity index (χ0n) is 6.37. The summed E-state index contributed by atoms with van der Waals surface area (Å²) in [6, 6.07) is 0.0231. The summed E-state index contributed by atoms with van der Waals surface area (Å²) in [5, 5.41) is 3.43. The maximum atomic E-state index is 11.0. The maximum absolute atomic E-state index is 11.0. The van der Waals surface area contributed by atoms with Crippen LogP contribution in [0.1, 0.15) is 6.42 Å². The smallest absolute Gasteiger partial charge is 0.238 e. The van der Waals surface area contributed by atoms with Crippen LogP contribution in [0.4, 0.5) is 0 Å². The normalized spacial score (nSPS) is 26.6. The molecule has 1 aliphatic rings. The van der Waals surface area contributed by atoms with E-state index in [1.807, 2.05) is 14.1 Å². The predicted octanol–water partition coefficient (Wildman–Crippen LogP) is -0.977. The van der Waals surface area contributed by atoms with E-state index in [2.05, 4.69) is 0 Å². The molecule has 1 unspecified atom stereocenters. The molecular formula is C6H13N3O. The average Bonchev–Trinajstić information content (AvgIpc) is 2.10. The largest absolute Gasteiger partial charge is 0.326 e. The Morgan fingerprint density at radius 3 is 2.50 bits per heavy atom. The quantitative estimate of drug-likeness (QED) is 0.513. The lowest BCUT2D eigenvalue weighted by Gasteiger charge is -2.23. The molecule has 0 spiro atoms. The molecule has 1 atom stereocenters. The van der Waals surface area contributed by atoms with Gasteiger partial charge in [-0.3, -0.25) is 9.80 Å². The molecule has 0 aliphatic carbocycles. The highest BCUT2D eigenvalue weighted by atomic mass is 16.2. The van der Waals surface area contributed by atoms with Gasteiger partial charge in [0.15, 0.2) is 0 Å². The van der Waals surface area contributed by atoms with Crippen molar-refractivity contribution in [2.24, 2.45) is 5.73 Å². The first-order valence-electron chi connectivity index (χ1n) is 3.34. The lowest BCUT2D eigenvalue weighted by atomic mass is 10.3. The molecule has 0 aromatic carbocycles. The maximum Gasteiger partial charge on any atom is 0.238 e. The topological polar surface area (TPSA) is 49.6 Å². The van der Waals surface area contributed by atoms with Gasteiger partial charge in [0, 0.05) is 26.6 Å². The van der Waals surface area contributed by atoms with E-state index in [-0.39, 0.29) is 11.9 Å². The van der Waals surface area contributed by atoms with Gasteiger partial charge in [-0.1, -0.05) is 0 Å². The van der Waals surface area contributed by atoms with Crippen LogP contribution >= 0.6 is 0 Å². The highest BCUT2D eigenvalue weighted by molar-refractivity contribution is 5.78. The molecule has 1 fully saturated rings. The van der Waals surface area contributed by atoms with Gasteiger partial charge < -0.3 is 5.73 Å². The Balaban J connectivity index is 2.55. The first-order valence-corrected chi connectivity index (χ1v) is 3.34. The lowest BCUT2D eigenvalue weighted by molar-refractivity contribution is -0.139. The molecule has 0 radical (unpaired) electrons. The molecule has 0 aromatic heterocycles. The van der Waals surface area contributed by atoms with Gasteiger partial charge in [-0.05, 0) is 0 Å². The highest BCUT2D eigenvalue weighted by Gasteiger charge is 2.27. The number of amides is 1. The van der Waals surface area contributed by atoms with Crippen LogP contribution < -0.4 is 5.73 Å². The number of hydrogen-bond donors (Lipinski definition) is 1. The Kier molecular flexibility index (Phi) is 1.92. The Morgan fingerprint density at radius 1 is 1.70 bits per heavy atom. The second kappa shape index (κ2) is 2.56. The van der Waals surface area contributed by atoms with Crippen LogP contribution in [-0.2, 0) is 4.79 Å². The molecule has 1 aliphatic heterocycles. The van der Waals surface area contributed by atoms with Crippen molar-refractivity contribution in [1.29, 1.82) is 0 Å². The Bertz CT molecular complexity index is 146. The zero-order valence-corrected chi connectivity index (χ0v) is 6.37. The average molecular weight is 143 g/mol. The fraction of sp³-hybridized carbons (Fsp3) is 0.833. The summed E-state index contributed by atoms with van der Waals surface area (Å²) in [5.41, 5.74) is 5.56. The van der Waals surface area contributed by atoms with E-state index in [1.165, 1.54) is 0 Å². The van der Waals surface area contributed by atoms with Crippen LogP contribution in [-0.4, -0.2) is 42.6 Å². The van der Waals surface area contributed by atoms with Crippen molar-refractivity contribution in [3.63, 3.8) is 0 Å². The minimum absolute atomic E-state index is 0.0231. The molecule has 1 saturated heterocycles. The Labute approximate surface area is 60.5 Å². The van der Waals surface area contributed by atoms with Crippen LogP contribution in [0.5, 0.6) is 0 Å². The van der Waals surface area contributed by atoms with E-state index >= 15 is 0 Å². The fourth-order valence-electron chi connectivity index (χ4n) is 1.10. The number of nitrogens with two attached hydrogens (primary N) is 1. The van der Waals surface area contributed by atoms with Gasteiger partial charge in [0.2, 0.25) is 5.91 Å². The van der Waals surface area contributed by atoms with Gasteiger partial charge in [0.25, 0.3) is 0 Å². The minimum atomic E-state index is 0.0231. The molecular weight excluding hydrogens is 130 g/mol. The molecule has 1 heterocycles. The van der Waals surface area contributed by atoms with Crippen molar-refractivity contribution in [2.75, 3.05) is 20.6 Å². The summed E-state index contributed by atoms with van der Waals surface area (Å²) in [4.78, 5) is 11.0. The molecule has 58 valence electrons. The van der Waals surface area contributed by atoms with Crippen molar-refractivity contribution in [3.05, 3.63) is 0 Å². The first kappa shape index (κ1) is 7.50. The van der Waals surface area contributed by atoms with Gasteiger partial charge in [-0.15, -0.1) is 0 Å². The summed E-state index contributed by atoms with van der Waals surface area (Å²) in [6.45, 7) is 0.659. The predicted molar refractivity (Wildman–Crippen MR) is 38.0 cm³/mol. The number of nitrogens with zero attached hydrogens (tertiary/aromatic N) is 2. The van der Waals surface area contributed by atoms with E-state index in [4.69, 9.17) is 5.73 Å². The Morgan fingerprint density at radius 2 is 2.30 bits per heavy atom. The number of carbonyl (C=O) groups excluding carboxylic acids is 1. The molecule has 2 N–H and O–H groups in total. The van der Waals surface area contributed by atoms with E-state index in [9.17, 15) is 4.79 Å². The monoisotopic (exact) mass is 143 g/mol. The van der Waals surface area contributed by atoms with E-state index in [0.29, 0.717) is 13.0 Å². The molecule has 1 rings (SSSR count). The second-order valence-electron chi connectivity index (χ2n) is 2.79. The van der Waals surface area contributed by atoms with Crippen molar-refractivity contribution in [3.8, 4) is 0 Å². The van der Waals surface area contributed by atoms with Gasteiger partial charge in [0.05, 0.1) is 6.54 Å².